The Bertz CT molecular complexity index is 2010. The van der Waals surface area contributed by atoms with Crippen LogP contribution in [0, 0.1) is 13.8 Å². The minimum atomic E-state index is -3.65. The summed E-state index contributed by atoms with van der Waals surface area (Å²) in [5, 5.41) is 1.58. The van der Waals surface area contributed by atoms with E-state index < -0.39 is 19.7 Å². The molecule has 6 aromatic rings. The van der Waals surface area contributed by atoms with E-state index in [4.69, 9.17) is 9.47 Å². The fourth-order valence-corrected chi connectivity index (χ4v) is 7.28. The van der Waals surface area contributed by atoms with Gasteiger partial charge in [-0.25, -0.2) is 16.8 Å². The minimum Gasteiger partial charge on any atom is -0.457 e. The topological polar surface area (TPSA) is 86.7 Å². The summed E-state index contributed by atoms with van der Waals surface area (Å²) in [6.07, 6.45) is 0. The Kier molecular flexibility index (Phi) is 7.71. The molecule has 0 unspecified atom stereocenters. The lowest BCUT2D eigenvalue weighted by atomic mass is 10.1. The third-order valence-electron chi connectivity index (χ3n) is 7.23. The van der Waals surface area contributed by atoms with Crippen molar-refractivity contribution in [1.82, 2.24) is 0 Å². The molecule has 0 radical (unpaired) electrons. The summed E-state index contributed by atoms with van der Waals surface area (Å²) < 4.78 is 64.5. The van der Waals surface area contributed by atoms with Gasteiger partial charge in [0.2, 0.25) is 19.7 Å². The largest absolute Gasteiger partial charge is 0.457 e. The van der Waals surface area contributed by atoms with Gasteiger partial charge in [0.25, 0.3) is 0 Å². The summed E-state index contributed by atoms with van der Waals surface area (Å²) in [4.78, 5) is 0.835. The second kappa shape index (κ2) is 11.6. The van der Waals surface area contributed by atoms with Crippen LogP contribution >= 0.6 is 0 Å². The first-order valence-electron chi connectivity index (χ1n) is 13.8. The quantitative estimate of drug-likeness (QED) is 0.169. The molecule has 0 atom stereocenters. The van der Waals surface area contributed by atoms with Crippen LogP contribution in [-0.2, 0) is 19.7 Å². The molecule has 0 spiro atoms. The number of benzene rings is 6. The van der Waals surface area contributed by atoms with Gasteiger partial charge in [0.1, 0.15) is 23.0 Å². The molecule has 6 nitrogen and oxygen atoms in total. The Morgan fingerprint density at radius 2 is 0.682 bits per heavy atom. The predicted molar refractivity (Wildman–Crippen MR) is 170 cm³/mol. The molecule has 6 aromatic carbocycles. The monoisotopic (exact) mass is 620 g/mol. The fourth-order valence-electron chi connectivity index (χ4n) is 4.76. The van der Waals surface area contributed by atoms with Crippen LogP contribution in [0.15, 0.2) is 153 Å². The highest BCUT2D eigenvalue weighted by Gasteiger charge is 2.19. The first kappa shape index (κ1) is 29.2. The highest BCUT2D eigenvalue weighted by Crippen LogP contribution is 2.38. The van der Waals surface area contributed by atoms with Crippen LogP contribution in [0.1, 0.15) is 11.1 Å². The van der Waals surface area contributed by atoms with Crippen molar-refractivity contribution >= 4 is 30.4 Å². The van der Waals surface area contributed by atoms with E-state index in [2.05, 4.69) is 0 Å². The van der Waals surface area contributed by atoms with Crippen LogP contribution < -0.4 is 9.47 Å². The Balaban J connectivity index is 1.22. The molecule has 0 bridgehead atoms. The smallest absolute Gasteiger partial charge is 0.206 e. The molecule has 0 aliphatic heterocycles. The molecule has 220 valence electrons. The van der Waals surface area contributed by atoms with Gasteiger partial charge in [0, 0.05) is 10.8 Å². The Morgan fingerprint density at radius 1 is 0.386 bits per heavy atom. The Hall–Kier alpha value is -4.92. The molecule has 0 heterocycles. The normalized spacial score (nSPS) is 11.8. The van der Waals surface area contributed by atoms with E-state index in [0.717, 1.165) is 21.9 Å². The minimum absolute atomic E-state index is 0.181. The highest BCUT2D eigenvalue weighted by atomic mass is 32.2. The van der Waals surface area contributed by atoms with Crippen molar-refractivity contribution in [2.24, 2.45) is 0 Å². The number of hydrogen-bond acceptors (Lipinski definition) is 6. The van der Waals surface area contributed by atoms with E-state index in [1.54, 1.807) is 84.9 Å². The van der Waals surface area contributed by atoms with Crippen molar-refractivity contribution in [2.75, 3.05) is 0 Å². The van der Waals surface area contributed by atoms with E-state index in [9.17, 15) is 16.8 Å². The van der Waals surface area contributed by atoms with Gasteiger partial charge in [-0.15, -0.1) is 0 Å². The molecule has 0 N–H and O–H groups in total. The molecule has 0 aromatic heterocycles. The summed E-state index contributed by atoms with van der Waals surface area (Å²) in [7, 11) is -7.30. The number of aryl methyl sites for hydroxylation is 2. The van der Waals surface area contributed by atoms with Crippen LogP contribution in [0.2, 0.25) is 0 Å². The first-order chi connectivity index (χ1) is 21.1. The molecule has 0 aliphatic carbocycles. The lowest BCUT2D eigenvalue weighted by Gasteiger charge is -2.14. The number of fused-ring (bicyclic) bond motifs is 1. The highest BCUT2D eigenvalue weighted by molar-refractivity contribution is 7.91. The summed E-state index contributed by atoms with van der Waals surface area (Å²) in [5.74, 6) is 2.11. The SMILES string of the molecule is Cc1ccc(S(=O)(=O)c2ccc(Oc3ccc(Oc4ccc(S(=O)(=O)c5ccc(C)cc5)cc4)c4ccccc34)cc2)cc1. The zero-order valence-electron chi connectivity index (χ0n) is 24.0. The van der Waals surface area contributed by atoms with E-state index in [0.29, 0.717) is 23.0 Å². The average Bonchev–Trinajstić information content (AvgIpc) is 3.03. The third-order valence-corrected chi connectivity index (χ3v) is 10.8. The van der Waals surface area contributed by atoms with Gasteiger partial charge in [0.05, 0.1) is 19.6 Å². The number of sulfone groups is 2. The maximum absolute atomic E-state index is 13.0. The van der Waals surface area contributed by atoms with Crippen LogP contribution in [0.25, 0.3) is 10.8 Å². The van der Waals surface area contributed by atoms with Gasteiger partial charge in [-0.2, -0.15) is 0 Å². The summed E-state index contributed by atoms with van der Waals surface area (Å²) >= 11 is 0. The van der Waals surface area contributed by atoms with Crippen LogP contribution in [0.5, 0.6) is 23.0 Å². The van der Waals surface area contributed by atoms with Gasteiger partial charge in [-0.1, -0.05) is 59.7 Å². The van der Waals surface area contributed by atoms with Crippen molar-refractivity contribution in [2.45, 2.75) is 33.4 Å². The molecule has 0 aliphatic rings. The van der Waals surface area contributed by atoms with E-state index in [1.807, 2.05) is 38.1 Å². The van der Waals surface area contributed by atoms with Crippen LogP contribution in [-0.4, -0.2) is 16.8 Å². The van der Waals surface area contributed by atoms with Crippen molar-refractivity contribution in [3.63, 3.8) is 0 Å². The molecule has 0 saturated heterocycles. The molecular weight excluding hydrogens is 593 g/mol. The molecule has 8 heteroatoms. The first-order valence-corrected chi connectivity index (χ1v) is 16.8. The van der Waals surface area contributed by atoms with Gasteiger partial charge in [-0.05, 0) is 98.8 Å². The zero-order chi connectivity index (χ0) is 30.9. The summed E-state index contributed by atoms with van der Waals surface area (Å²) in [5.41, 5.74) is 1.97. The van der Waals surface area contributed by atoms with E-state index in [-0.39, 0.29) is 19.6 Å². The molecule has 44 heavy (non-hydrogen) atoms. The molecule has 6 rings (SSSR count). The Labute approximate surface area is 257 Å². The Morgan fingerprint density at radius 3 is 1.00 bits per heavy atom. The molecule has 0 amide bonds. The van der Waals surface area contributed by atoms with Crippen LogP contribution in [0.3, 0.4) is 0 Å². The van der Waals surface area contributed by atoms with Gasteiger partial charge >= 0.3 is 0 Å². The summed E-state index contributed by atoms with van der Waals surface area (Å²) in [6.45, 7) is 3.81. The van der Waals surface area contributed by atoms with Crippen LogP contribution in [0.4, 0.5) is 0 Å². The number of rotatable bonds is 8. The van der Waals surface area contributed by atoms with Crippen molar-refractivity contribution in [3.05, 3.63) is 145 Å². The number of hydrogen-bond donors (Lipinski definition) is 0. The van der Waals surface area contributed by atoms with Crippen molar-refractivity contribution in [1.29, 1.82) is 0 Å². The molecule has 0 saturated carbocycles. The number of ether oxygens (including phenoxy) is 2. The lowest BCUT2D eigenvalue weighted by Crippen LogP contribution is -2.02. The van der Waals surface area contributed by atoms with E-state index >= 15 is 0 Å². The predicted octanol–water partition coefficient (Wildman–Crippen LogP) is 8.71. The average molecular weight is 621 g/mol. The second-order valence-electron chi connectivity index (χ2n) is 10.4. The second-order valence-corrected chi connectivity index (χ2v) is 14.3. The summed E-state index contributed by atoms with van der Waals surface area (Å²) in [6, 6.07) is 37.3. The molecular formula is C36H28O6S2. The van der Waals surface area contributed by atoms with Crippen molar-refractivity contribution in [3.8, 4) is 23.0 Å². The van der Waals surface area contributed by atoms with Gasteiger partial charge < -0.3 is 9.47 Å². The molecule has 0 fully saturated rings. The van der Waals surface area contributed by atoms with Gasteiger partial charge in [0.15, 0.2) is 0 Å². The zero-order valence-corrected chi connectivity index (χ0v) is 25.6. The lowest BCUT2D eigenvalue weighted by molar-refractivity contribution is 0.477. The fraction of sp³-hybridized carbons (Fsp3) is 0.0556. The third kappa shape index (κ3) is 5.82. The van der Waals surface area contributed by atoms with E-state index in [1.165, 1.54) is 24.3 Å². The maximum atomic E-state index is 13.0. The standard InChI is InChI=1S/C36H28O6S2/c1-25-7-15-29(16-8-25)43(37,38)31-19-11-27(12-20-31)41-35-23-24-36(34-6-4-3-5-33(34)35)42-28-13-21-32(22-14-28)44(39,40)30-17-9-26(2)10-18-30/h3-24H,1-2H3. The van der Waals surface area contributed by atoms with Gasteiger partial charge in [-0.3, -0.25) is 0 Å². The maximum Gasteiger partial charge on any atom is 0.206 e. The van der Waals surface area contributed by atoms with Crippen molar-refractivity contribution < 1.29 is 26.3 Å².